The fraction of sp³-hybridized carbons (Fsp3) is 0.280. The van der Waals surface area contributed by atoms with Crippen LogP contribution < -0.4 is 14.9 Å². The van der Waals surface area contributed by atoms with Crippen LogP contribution in [0.15, 0.2) is 53.5 Å². The molecule has 2 aromatic carbocycles. The van der Waals surface area contributed by atoms with E-state index in [-0.39, 0.29) is 11.1 Å². The van der Waals surface area contributed by atoms with Crippen molar-refractivity contribution in [1.29, 1.82) is 0 Å². The second kappa shape index (κ2) is 7.01. The molecule has 1 aliphatic carbocycles. The molecule has 1 N–H and O–H groups in total. The molecule has 0 atom stereocenters. The van der Waals surface area contributed by atoms with Crippen LogP contribution in [-0.4, -0.2) is 29.9 Å². The summed E-state index contributed by atoms with van der Waals surface area (Å²) < 4.78 is 13.0. The van der Waals surface area contributed by atoms with Crippen molar-refractivity contribution < 1.29 is 19.4 Å². The minimum absolute atomic E-state index is 0.175. The number of hydrogen-bond acceptors (Lipinski definition) is 4. The van der Waals surface area contributed by atoms with Crippen molar-refractivity contribution in [1.82, 2.24) is 4.57 Å². The van der Waals surface area contributed by atoms with Gasteiger partial charge in [-0.25, -0.2) is 4.79 Å². The van der Waals surface area contributed by atoms with Crippen molar-refractivity contribution in [3.05, 3.63) is 70.0 Å². The number of aromatic carboxylic acids is 1. The van der Waals surface area contributed by atoms with Crippen LogP contribution in [0.2, 0.25) is 0 Å². The van der Waals surface area contributed by atoms with Crippen molar-refractivity contribution in [3.63, 3.8) is 0 Å². The Bertz CT molecular complexity index is 1250. The van der Waals surface area contributed by atoms with Gasteiger partial charge in [-0.05, 0) is 61.1 Å². The van der Waals surface area contributed by atoms with Crippen molar-refractivity contribution in [3.8, 4) is 33.9 Å². The molecule has 0 unspecified atom stereocenters. The summed E-state index contributed by atoms with van der Waals surface area (Å²) in [4.78, 5) is 24.1. The Hall–Kier alpha value is -3.54. The molecule has 1 spiro atoms. The molecule has 0 radical (unpaired) electrons. The Balaban J connectivity index is 1.72. The first-order valence-corrected chi connectivity index (χ1v) is 10.3. The van der Waals surface area contributed by atoms with E-state index in [2.05, 4.69) is 6.07 Å². The molecule has 1 fully saturated rings. The SMILES string of the molecule is COc1ccc(-c2cc3c(cc2OC)-c2cc(=O)c(C(=O)O)cn2C2(CCC2)C3)cc1. The van der Waals surface area contributed by atoms with Crippen molar-refractivity contribution in [2.75, 3.05) is 14.2 Å². The van der Waals surface area contributed by atoms with Crippen LogP contribution in [0.3, 0.4) is 0 Å². The van der Waals surface area contributed by atoms with E-state index < -0.39 is 11.4 Å². The van der Waals surface area contributed by atoms with E-state index >= 15 is 0 Å². The largest absolute Gasteiger partial charge is 0.497 e. The Morgan fingerprint density at radius 2 is 1.77 bits per heavy atom. The number of ether oxygens (including phenoxy) is 2. The molecule has 0 saturated heterocycles. The maximum atomic E-state index is 12.5. The summed E-state index contributed by atoms with van der Waals surface area (Å²) in [6.07, 6.45) is 5.34. The lowest BCUT2D eigenvalue weighted by Crippen LogP contribution is -2.46. The van der Waals surface area contributed by atoms with Gasteiger partial charge in [0.15, 0.2) is 5.43 Å². The summed E-state index contributed by atoms with van der Waals surface area (Å²) in [7, 11) is 3.27. The number of carbonyl (C=O) groups is 1. The highest BCUT2D eigenvalue weighted by Gasteiger charge is 2.43. The predicted molar refractivity (Wildman–Crippen MR) is 117 cm³/mol. The number of carboxylic acid groups (broad SMARTS) is 1. The fourth-order valence-electron chi connectivity index (χ4n) is 4.91. The van der Waals surface area contributed by atoms with E-state index in [9.17, 15) is 14.7 Å². The monoisotopic (exact) mass is 417 g/mol. The Labute approximate surface area is 179 Å². The average molecular weight is 417 g/mol. The second-order valence-electron chi connectivity index (χ2n) is 8.30. The summed E-state index contributed by atoms with van der Waals surface area (Å²) in [5, 5.41) is 9.46. The van der Waals surface area contributed by atoms with Gasteiger partial charge in [0.2, 0.25) is 0 Å². The van der Waals surface area contributed by atoms with Gasteiger partial charge < -0.3 is 19.1 Å². The summed E-state index contributed by atoms with van der Waals surface area (Å²) in [6, 6.07) is 13.4. The number of methoxy groups -OCH3 is 2. The standard InChI is InChI=1S/C25H23NO5/c1-30-17-6-4-15(5-7-17)19-10-16-13-25(8-3-9-25)26-14-20(24(28)29)22(27)12-21(26)18(16)11-23(19)31-2/h4-7,10-12,14H,3,8-9,13H2,1-2H3,(H,28,29). The fourth-order valence-corrected chi connectivity index (χ4v) is 4.91. The predicted octanol–water partition coefficient (Wildman–Crippen LogP) is 4.33. The molecule has 2 aliphatic rings. The molecule has 0 amide bonds. The minimum Gasteiger partial charge on any atom is -0.497 e. The number of benzene rings is 2. The summed E-state index contributed by atoms with van der Waals surface area (Å²) in [5.41, 5.74) is 4.00. The quantitative estimate of drug-likeness (QED) is 0.684. The molecule has 0 bridgehead atoms. The maximum Gasteiger partial charge on any atom is 0.341 e. The van der Waals surface area contributed by atoms with E-state index in [1.54, 1.807) is 14.2 Å². The molecule has 1 aromatic heterocycles. The highest BCUT2D eigenvalue weighted by Crippen LogP contribution is 2.50. The zero-order valence-electron chi connectivity index (χ0n) is 17.5. The number of pyridine rings is 1. The molecule has 6 nitrogen and oxygen atoms in total. The van der Waals surface area contributed by atoms with Crippen molar-refractivity contribution in [2.45, 2.75) is 31.2 Å². The molecule has 158 valence electrons. The van der Waals surface area contributed by atoms with Gasteiger partial charge in [0.05, 0.1) is 19.9 Å². The van der Waals surface area contributed by atoms with Crippen LogP contribution in [0.1, 0.15) is 35.2 Å². The lowest BCUT2D eigenvalue weighted by molar-refractivity contribution is 0.0691. The molecule has 1 aliphatic heterocycles. The lowest BCUT2D eigenvalue weighted by atomic mass is 9.69. The zero-order chi connectivity index (χ0) is 21.8. The number of carboxylic acids is 1. The topological polar surface area (TPSA) is 77.8 Å². The molecule has 5 rings (SSSR count). The molecular weight excluding hydrogens is 394 g/mol. The molecular formula is C25H23NO5. The van der Waals surface area contributed by atoms with Gasteiger partial charge in [-0.3, -0.25) is 4.79 Å². The summed E-state index contributed by atoms with van der Waals surface area (Å²) in [5.74, 6) is 0.305. The first kappa shape index (κ1) is 19.4. The smallest absolute Gasteiger partial charge is 0.341 e. The Morgan fingerprint density at radius 3 is 2.35 bits per heavy atom. The average Bonchev–Trinajstić information content (AvgIpc) is 2.76. The first-order chi connectivity index (χ1) is 15.0. The molecule has 3 aromatic rings. The van der Waals surface area contributed by atoms with Gasteiger partial charge in [-0.1, -0.05) is 12.1 Å². The number of aromatic nitrogens is 1. The van der Waals surface area contributed by atoms with E-state index in [0.717, 1.165) is 59.4 Å². The third kappa shape index (κ3) is 2.93. The van der Waals surface area contributed by atoms with E-state index in [4.69, 9.17) is 9.47 Å². The first-order valence-electron chi connectivity index (χ1n) is 10.3. The van der Waals surface area contributed by atoms with Gasteiger partial charge in [-0.15, -0.1) is 0 Å². The number of hydrogen-bond donors (Lipinski definition) is 1. The van der Waals surface area contributed by atoms with Crippen LogP contribution >= 0.6 is 0 Å². The maximum absolute atomic E-state index is 12.5. The van der Waals surface area contributed by atoms with Crippen LogP contribution in [0.25, 0.3) is 22.4 Å². The molecule has 1 saturated carbocycles. The summed E-state index contributed by atoms with van der Waals surface area (Å²) >= 11 is 0. The molecule has 31 heavy (non-hydrogen) atoms. The van der Waals surface area contributed by atoms with Crippen LogP contribution in [0.5, 0.6) is 11.5 Å². The third-order valence-electron chi connectivity index (χ3n) is 6.70. The van der Waals surface area contributed by atoms with Gasteiger partial charge in [0, 0.05) is 28.9 Å². The highest BCUT2D eigenvalue weighted by molar-refractivity contribution is 5.88. The number of nitrogens with zero attached hydrogens (tertiary/aromatic N) is 1. The molecule has 6 heteroatoms. The summed E-state index contributed by atoms with van der Waals surface area (Å²) in [6.45, 7) is 0. The van der Waals surface area contributed by atoms with Crippen LogP contribution in [0.4, 0.5) is 0 Å². The van der Waals surface area contributed by atoms with E-state index in [1.165, 1.54) is 12.3 Å². The molecule has 2 heterocycles. The van der Waals surface area contributed by atoms with Gasteiger partial charge in [0.25, 0.3) is 0 Å². The second-order valence-corrected chi connectivity index (χ2v) is 8.30. The normalized spacial score (nSPS) is 15.5. The number of rotatable bonds is 4. The van der Waals surface area contributed by atoms with Crippen molar-refractivity contribution in [2.24, 2.45) is 0 Å². The third-order valence-corrected chi connectivity index (χ3v) is 6.70. The lowest BCUT2D eigenvalue weighted by Gasteiger charge is -2.49. The minimum atomic E-state index is -1.19. The van der Waals surface area contributed by atoms with Crippen molar-refractivity contribution >= 4 is 5.97 Å². The van der Waals surface area contributed by atoms with Gasteiger partial charge in [0.1, 0.15) is 17.1 Å². The van der Waals surface area contributed by atoms with E-state index in [1.807, 2.05) is 34.9 Å². The number of fused-ring (bicyclic) bond motifs is 4. The van der Waals surface area contributed by atoms with Gasteiger partial charge >= 0.3 is 5.97 Å². The van der Waals surface area contributed by atoms with Gasteiger partial charge in [-0.2, -0.15) is 0 Å². The van der Waals surface area contributed by atoms with Crippen LogP contribution in [-0.2, 0) is 12.0 Å². The van der Waals surface area contributed by atoms with E-state index in [0.29, 0.717) is 5.75 Å². The highest BCUT2D eigenvalue weighted by atomic mass is 16.5. The van der Waals surface area contributed by atoms with Crippen LogP contribution in [0, 0.1) is 0 Å². The Kier molecular flexibility index (Phi) is 4.39. The Morgan fingerprint density at radius 1 is 1.03 bits per heavy atom. The zero-order valence-corrected chi connectivity index (χ0v) is 17.5.